The molecule has 0 aliphatic rings. The Balaban J connectivity index is 2.18. The van der Waals surface area contributed by atoms with E-state index in [1.54, 1.807) is 0 Å². The smallest absolute Gasteiger partial charge is 0.281 e. The first kappa shape index (κ1) is 12.4. The molecular weight excluding hydrogens is 258 g/mol. The molecule has 0 atom stereocenters. The predicted molar refractivity (Wildman–Crippen MR) is 74.0 cm³/mol. The molecule has 0 unspecified atom stereocenters. The van der Waals surface area contributed by atoms with Crippen LogP contribution in [-0.4, -0.2) is 24.2 Å². The van der Waals surface area contributed by atoms with E-state index < -0.39 is 0 Å². The van der Waals surface area contributed by atoms with E-state index >= 15 is 0 Å². The summed E-state index contributed by atoms with van der Waals surface area (Å²) in [5, 5.41) is 9.21. The van der Waals surface area contributed by atoms with Crippen molar-refractivity contribution in [3.8, 4) is 0 Å². The number of hydrogen-bond donors (Lipinski definition) is 2. The summed E-state index contributed by atoms with van der Waals surface area (Å²) in [5.41, 5.74) is 6.94. The van der Waals surface area contributed by atoms with Crippen molar-refractivity contribution >= 4 is 17.1 Å². The lowest BCUT2D eigenvalue weighted by atomic mass is 10.2. The van der Waals surface area contributed by atoms with Gasteiger partial charge in [0, 0.05) is 0 Å². The summed E-state index contributed by atoms with van der Waals surface area (Å²) in [6.45, 7) is -0.00622. The second-order valence-corrected chi connectivity index (χ2v) is 4.37. The van der Waals surface area contributed by atoms with Crippen LogP contribution in [0.5, 0.6) is 0 Å². The molecule has 7 nitrogen and oxygen atoms in total. The van der Waals surface area contributed by atoms with E-state index in [2.05, 4.69) is 9.97 Å². The fourth-order valence-electron chi connectivity index (χ4n) is 2.10. The summed E-state index contributed by atoms with van der Waals surface area (Å²) in [6.07, 6.45) is 1.37. The van der Waals surface area contributed by atoms with Gasteiger partial charge in [0.1, 0.15) is 6.73 Å². The minimum atomic E-state index is -0.331. The molecule has 0 spiro atoms. The van der Waals surface area contributed by atoms with Crippen molar-refractivity contribution in [2.75, 3.05) is 5.73 Å². The fourth-order valence-corrected chi connectivity index (χ4v) is 2.10. The summed E-state index contributed by atoms with van der Waals surface area (Å²) in [6, 6.07) is 9.48. The highest BCUT2D eigenvalue weighted by Gasteiger charge is 2.13. The fraction of sp³-hybridized carbons (Fsp3) is 0.154. The Morgan fingerprint density at radius 3 is 2.70 bits per heavy atom. The molecule has 102 valence electrons. The first-order valence-corrected chi connectivity index (χ1v) is 6.06. The normalized spacial score (nSPS) is 11.1. The largest absolute Gasteiger partial charge is 0.376 e. The SMILES string of the molecule is Nc1nc2ncn(CO)c2c(=O)n1Cc1ccccc1. The van der Waals surface area contributed by atoms with Crippen molar-refractivity contribution in [1.29, 1.82) is 0 Å². The van der Waals surface area contributed by atoms with E-state index in [0.717, 1.165) is 5.56 Å². The van der Waals surface area contributed by atoms with Crippen LogP contribution in [0.2, 0.25) is 0 Å². The Kier molecular flexibility index (Phi) is 2.96. The highest BCUT2D eigenvalue weighted by atomic mass is 16.3. The number of aliphatic hydroxyl groups is 1. The van der Waals surface area contributed by atoms with Crippen molar-refractivity contribution in [2.45, 2.75) is 13.3 Å². The number of nitrogens with zero attached hydrogens (tertiary/aromatic N) is 4. The third-order valence-corrected chi connectivity index (χ3v) is 3.10. The van der Waals surface area contributed by atoms with Crippen LogP contribution in [0.15, 0.2) is 41.5 Å². The van der Waals surface area contributed by atoms with Gasteiger partial charge in [0.05, 0.1) is 12.9 Å². The van der Waals surface area contributed by atoms with E-state index in [9.17, 15) is 9.90 Å². The van der Waals surface area contributed by atoms with Gasteiger partial charge in [0.2, 0.25) is 5.95 Å². The lowest BCUT2D eigenvalue weighted by Gasteiger charge is -2.09. The zero-order valence-corrected chi connectivity index (χ0v) is 10.6. The second kappa shape index (κ2) is 4.78. The maximum absolute atomic E-state index is 12.5. The Hall–Kier alpha value is -2.67. The van der Waals surface area contributed by atoms with Crippen molar-refractivity contribution in [3.05, 3.63) is 52.6 Å². The Morgan fingerprint density at radius 1 is 1.25 bits per heavy atom. The molecule has 0 fully saturated rings. The number of fused-ring (bicyclic) bond motifs is 1. The van der Waals surface area contributed by atoms with Crippen molar-refractivity contribution in [2.24, 2.45) is 0 Å². The number of rotatable bonds is 3. The molecule has 20 heavy (non-hydrogen) atoms. The quantitative estimate of drug-likeness (QED) is 0.707. The first-order valence-electron chi connectivity index (χ1n) is 6.06. The van der Waals surface area contributed by atoms with Crippen LogP contribution in [0.1, 0.15) is 5.56 Å². The van der Waals surface area contributed by atoms with Crippen LogP contribution in [0, 0.1) is 0 Å². The Labute approximate surface area is 113 Å². The van der Waals surface area contributed by atoms with E-state index in [4.69, 9.17) is 5.73 Å². The van der Waals surface area contributed by atoms with E-state index in [-0.39, 0.29) is 29.4 Å². The van der Waals surface area contributed by atoms with Gasteiger partial charge in [-0.25, -0.2) is 4.98 Å². The Morgan fingerprint density at radius 2 is 2.00 bits per heavy atom. The molecule has 0 aliphatic carbocycles. The van der Waals surface area contributed by atoms with Crippen LogP contribution in [0.4, 0.5) is 5.95 Å². The van der Waals surface area contributed by atoms with Gasteiger partial charge < -0.3 is 15.4 Å². The maximum Gasteiger partial charge on any atom is 0.281 e. The van der Waals surface area contributed by atoms with E-state index in [0.29, 0.717) is 6.54 Å². The van der Waals surface area contributed by atoms with Crippen LogP contribution in [0.3, 0.4) is 0 Å². The highest BCUT2D eigenvalue weighted by Crippen LogP contribution is 2.10. The van der Waals surface area contributed by atoms with Gasteiger partial charge >= 0.3 is 0 Å². The number of anilines is 1. The zero-order valence-electron chi connectivity index (χ0n) is 10.6. The van der Waals surface area contributed by atoms with Gasteiger partial charge in [0.25, 0.3) is 5.56 Å². The molecule has 0 aliphatic heterocycles. The summed E-state index contributed by atoms with van der Waals surface area (Å²) >= 11 is 0. The molecule has 0 radical (unpaired) electrons. The topological polar surface area (TPSA) is 99.0 Å². The van der Waals surface area contributed by atoms with Crippen LogP contribution in [0.25, 0.3) is 11.2 Å². The second-order valence-electron chi connectivity index (χ2n) is 4.37. The van der Waals surface area contributed by atoms with E-state index in [1.807, 2.05) is 30.3 Å². The number of nitrogens with two attached hydrogens (primary N) is 1. The molecule has 1 aromatic carbocycles. The van der Waals surface area contributed by atoms with Crippen molar-refractivity contribution in [1.82, 2.24) is 19.1 Å². The molecule has 0 saturated heterocycles. The zero-order chi connectivity index (χ0) is 14.1. The number of hydrogen-bond acceptors (Lipinski definition) is 5. The van der Waals surface area contributed by atoms with Gasteiger partial charge in [-0.1, -0.05) is 30.3 Å². The third kappa shape index (κ3) is 1.94. The number of benzene rings is 1. The van der Waals surface area contributed by atoms with Crippen molar-refractivity contribution in [3.63, 3.8) is 0 Å². The molecule has 0 saturated carbocycles. The molecule has 2 heterocycles. The van der Waals surface area contributed by atoms with Gasteiger partial charge in [0.15, 0.2) is 11.2 Å². The van der Waals surface area contributed by atoms with Gasteiger partial charge in [-0.05, 0) is 5.56 Å². The van der Waals surface area contributed by atoms with E-state index in [1.165, 1.54) is 15.5 Å². The Bertz CT molecular complexity index is 807. The predicted octanol–water partition coefficient (Wildman–Crippen LogP) is 0.173. The molecule has 3 rings (SSSR count). The maximum atomic E-state index is 12.5. The average Bonchev–Trinajstić information content (AvgIpc) is 2.87. The number of nitrogen functional groups attached to an aromatic ring is 1. The molecule has 0 amide bonds. The van der Waals surface area contributed by atoms with Gasteiger partial charge in [-0.15, -0.1) is 0 Å². The van der Waals surface area contributed by atoms with Crippen molar-refractivity contribution < 1.29 is 5.11 Å². The lowest BCUT2D eigenvalue weighted by Crippen LogP contribution is -2.26. The van der Waals surface area contributed by atoms with Gasteiger partial charge in [-0.3, -0.25) is 9.36 Å². The molecule has 3 aromatic rings. The molecule has 3 N–H and O–H groups in total. The third-order valence-electron chi connectivity index (χ3n) is 3.10. The van der Waals surface area contributed by atoms with Crippen LogP contribution < -0.4 is 11.3 Å². The minimum Gasteiger partial charge on any atom is -0.376 e. The highest BCUT2D eigenvalue weighted by molar-refractivity contribution is 5.70. The number of aliphatic hydroxyl groups excluding tert-OH is 1. The average molecular weight is 271 g/mol. The monoisotopic (exact) mass is 271 g/mol. The molecule has 2 aromatic heterocycles. The summed E-state index contributed by atoms with van der Waals surface area (Å²) in [5.74, 6) is 0.106. The molecular formula is C13H13N5O2. The molecule has 0 bridgehead atoms. The number of aromatic nitrogens is 4. The summed E-state index contributed by atoms with van der Waals surface area (Å²) in [7, 11) is 0. The standard InChI is InChI=1S/C13H13N5O2/c14-13-16-11-10(17(8-19)7-15-11)12(20)18(13)6-9-4-2-1-3-5-9/h1-5,7,19H,6,8H2,(H2,14,16). The summed E-state index contributed by atoms with van der Waals surface area (Å²) in [4.78, 5) is 20.5. The minimum absolute atomic E-state index is 0.106. The summed E-state index contributed by atoms with van der Waals surface area (Å²) < 4.78 is 2.71. The van der Waals surface area contributed by atoms with Crippen LogP contribution in [-0.2, 0) is 13.3 Å². The molecule has 7 heteroatoms. The van der Waals surface area contributed by atoms with Gasteiger partial charge in [-0.2, -0.15) is 4.98 Å². The lowest BCUT2D eigenvalue weighted by molar-refractivity contribution is 0.214. The first-order chi connectivity index (χ1) is 9.70. The van der Waals surface area contributed by atoms with Crippen LogP contribution >= 0.6 is 0 Å². The number of imidazole rings is 1.